The monoisotopic (exact) mass is 487 g/mol. The van der Waals surface area contributed by atoms with E-state index in [9.17, 15) is 4.79 Å². The fraction of sp³-hybridized carbons (Fsp3) is 0.333. The molecule has 3 heterocycles. The van der Waals surface area contributed by atoms with Crippen LogP contribution in [0, 0.1) is 0 Å². The van der Waals surface area contributed by atoms with Crippen molar-refractivity contribution < 1.29 is 9.53 Å². The Morgan fingerprint density at radius 1 is 1.37 bits per heavy atom. The zero-order valence-corrected chi connectivity index (χ0v) is 19.4. The van der Waals surface area contributed by atoms with Crippen LogP contribution in [0.1, 0.15) is 36.8 Å². The minimum atomic E-state index is -0.508. The Balaban J connectivity index is 1.56. The van der Waals surface area contributed by atoms with E-state index >= 15 is 0 Å². The normalized spacial score (nSPS) is 14.2. The van der Waals surface area contributed by atoms with E-state index in [1.165, 1.54) is 11.9 Å². The van der Waals surface area contributed by atoms with Gasteiger partial charge in [0.05, 0.1) is 18.1 Å². The number of hydrazone groups is 1. The predicted octanol–water partition coefficient (Wildman–Crippen LogP) is 5.19. The lowest BCUT2D eigenvalue weighted by molar-refractivity contribution is 0.0227. The highest BCUT2D eigenvalue weighted by molar-refractivity contribution is 9.10. The number of aromatic nitrogens is 2. The number of ether oxygens (including phenoxy) is 1. The van der Waals surface area contributed by atoms with E-state index in [-0.39, 0.29) is 6.09 Å². The Bertz CT molecular complexity index is 1120. The molecule has 0 atom stereocenters. The van der Waals surface area contributed by atoms with Crippen LogP contribution in [0.25, 0.3) is 10.2 Å². The van der Waals surface area contributed by atoms with Gasteiger partial charge in [0.15, 0.2) is 5.82 Å². The molecule has 0 aliphatic carbocycles. The summed E-state index contributed by atoms with van der Waals surface area (Å²) in [7, 11) is 0. The van der Waals surface area contributed by atoms with Gasteiger partial charge in [-0.25, -0.2) is 14.8 Å². The third-order valence-electron chi connectivity index (χ3n) is 4.52. The van der Waals surface area contributed by atoms with Gasteiger partial charge in [-0.15, -0.1) is 11.3 Å². The van der Waals surface area contributed by atoms with Crippen LogP contribution < -0.4 is 5.43 Å². The van der Waals surface area contributed by atoms with Crippen LogP contribution in [0.4, 0.5) is 10.6 Å². The van der Waals surface area contributed by atoms with Crippen LogP contribution in [0.2, 0.25) is 0 Å². The number of hydrogen-bond acceptors (Lipinski definition) is 7. The minimum absolute atomic E-state index is 0.284. The largest absolute Gasteiger partial charge is 0.444 e. The fourth-order valence-electron chi connectivity index (χ4n) is 3.25. The van der Waals surface area contributed by atoms with Gasteiger partial charge >= 0.3 is 6.09 Å². The van der Waals surface area contributed by atoms with Crippen molar-refractivity contribution in [1.29, 1.82) is 0 Å². The molecule has 156 valence electrons. The van der Waals surface area contributed by atoms with Crippen LogP contribution in [0.5, 0.6) is 0 Å². The minimum Gasteiger partial charge on any atom is -0.444 e. The van der Waals surface area contributed by atoms with E-state index in [2.05, 4.69) is 36.4 Å². The topological polar surface area (TPSA) is 79.7 Å². The van der Waals surface area contributed by atoms with Crippen molar-refractivity contribution in [2.24, 2.45) is 5.10 Å². The first-order valence-electron chi connectivity index (χ1n) is 9.58. The van der Waals surface area contributed by atoms with Gasteiger partial charge in [0, 0.05) is 15.9 Å². The second kappa shape index (κ2) is 8.31. The maximum atomic E-state index is 12.5. The van der Waals surface area contributed by atoms with Crippen molar-refractivity contribution in [2.75, 3.05) is 12.0 Å². The highest BCUT2D eigenvalue weighted by Gasteiger charge is 2.29. The van der Waals surface area contributed by atoms with E-state index in [4.69, 9.17) is 4.74 Å². The average molecular weight is 488 g/mol. The number of nitrogens with zero attached hydrogens (tertiary/aromatic N) is 4. The molecule has 0 spiro atoms. The quantitative estimate of drug-likeness (QED) is 0.405. The summed E-state index contributed by atoms with van der Waals surface area (Å²) in [6.45, 7) is 6.75. The number of benzene rings is 1. The highest BCUT2D eigenvalue weighted by Crippen LogP contribution is 2.37. The van der Waals surface area contributed by atoms with E-state index in [0.29, 0.717) is 18.9 Å². The first-order chi connectivity index (χ1) is 14.3. The van der Waals surface area contributed by atoms with Gasteiger partial charge in [-0.1, -0.05) is 28.1 Å². The van der Waals surface area contributed by atoms with Crippen molar-refractivity contribution >= 4 is 55.6 Å². The third kappa shape index (κ3) is 4.62. The molecule has 3 aromatic rings. The molecule has 0 radical (unpaired) electrons. The number of rotatable bonds is 3. The van der Waals surface area contributed by atoms with Crippen molar-refractivity contribution in [1.82, 2.24) is 14.9 Å². The first-order valence-corrected chi connectivity index (χ1v) is 11.2. The Hall–Kier alpha value is -2.52. The van der Waals surface area contributed by atoms with Crippen LogP contribution >= 0.6 is 27.3 Å². The number of hydrogen-bond donors (Lipinski definition) is 1. The summed E-state index contributed by atoms with van der Waals surface area (Å²) in [5.41, 5.74) is 4.70. The van der Waals surface area contributed by atoms with Crippen molar-refractivity contribution in [2.45, 2.75) is 39.3 Å². The van der Waals surface area contributed by atoms with Crippen LogP contribution in [-0.2, 0) is 17.7 Å². The molecular weight excluding hydrogens is 466 g/mol. The molecule has 1 aliphatic heterocycles. The molecule has 0 saturated carbocycles. The molecular formula is C21H22BrN5O2S. The molecule has 9 heteroatoms. The number of thiophene rings is 1. The van der Waals surface area contributed by atoms with Crippen LogP contribution in [0.3, 0.4) is 0 Å². The molecule has 0 unspecified atom stereocenters. The van der Waals surface area contributed by atoms with E-state index in [1.54, 1.807) is 22.5 Å². The molecule has 30 heavy (non-hydrogen) atoms. The number of carbonyl (C=O) groups excluding carboxylic acids is 1. The lowest BCUT2D eigenvalue weighted by Gasteiger charge is -2.30. The van der Waals surface area contributed by atoms with Crippen molar-refractivity contribution in [3.63, 3.8) is 0 Å². The number of amides is 1. The van der Waals surface area contributed by atoms with Gasteiger partial charge in [-0.3, -0.25) is 5.43 Å². The zero-order chi connectivity index (χ0) is 21.3. The van der Waals surface area contributed by atoms with E-state index in [0.717, 1.165) is 31.6 Å². The summed E-state index contributed by atoms with van der Waals surface area (Å²) < 4.78 is 6.52. The molecule has 1 N–H and O–H groups in total. The molecule has 7 nitrogen and oxygen atoms in total. The Labute approximate surface area is 187 Å². The number of carbonyl (C=O) groups is 1. The first kappa shape index (κ1) is 20.7. The summed E-state index contributed by atoms with van der Waals surface area (Å²) in [5.74, 6) is 0.675. The summed E-state index contributed by atoms with van der Waals surface area (Å²) in [6, 6.07) is 7.89. The van der Waals surface area contributed by atoms with E-state index in [1.807, 2.05) is 45.0 Å². The van der Waals surface area contributed by atoms with E-state index < -0.39 is 5.60 Å². The molecule has 1 amide bonds. The lowest BCUT2D eigenvalue weighted by atomic mass is 10.1. The predicted molar refractivity (Wildman–Crippen MR) is 123 cm³/mol. The summed E-state index contributed by atoms with van der Waals surface area (Å²) >= 11 is 5.05. The Kier molecular flexibility index (Phi) is 5.75. The van der Waals surface area contributed by atoms with Crippen LogP contribution in [0.15, 0.2) is 40.2 Å². The molecule has 1 aromatic carbocycles. The van der Waals surface area contributed by atoms with Gasteiger partial charge < -0.3 is 9.64 Å². The van der Waals surface area contributed by atoms with Crippen molar-refractivity contribution in [3.8, 4) is 0 Å². The molecule has 0 fully saturated rings. The fourth-order valence-corrected chi connectivity index (χ4v) is 4.87. The summed E-state index contributed by atoms with van der Waals surface area (Å²) in [6.07, 6.45) is 3.73. The second-order valence-corrected chi connectivity index (χ2v) is 9.98. The SMILES string of the molecule is CC(C)(C)OC(=O)N1CCc2c(sc3ncnc(N/N=C/c4cccc(Br)c4)c23)C1. The maximum absolute atomic E-state index is 12.5. The Morgan fingerprint density at radius 2 is 2.20 bits per heavy atom. The Morgan fingerprint density at radius 3 is 2.97 bits per heavy atom. The molecule has 0 bridgehead atoms. The second-order valence-electron chi connectivity index (χ2n) is 7.98. The molecule has 4 rings (SSSR count). The smallest absolute Gasteiger partial charge is 0.410 e. The average Bonchev–Trinajstić information content (AvgIpc) is 3.05. The third-order valence-corrected chi connectivity index (χ3v) is 6.14. The summed E-state index contributed by atoms with van der Waals surface area (Å²) in [4.78, 5) is 25.0. The molecule has 0 saturated heterocycles. The molecule has 2 aromatic heterocycles. The van der Waals surface area contributed by atoms with Gasteiger partial charge in [0.2, 0.25) is 0 Å². The summed E-state index contributed by atoms with van der Waals surface area (Å²) in [5, 5.41) is 5.33. The lowest BCUT2D eigenvalue weighted by Crippen LogP contribution is -2.39. The molecule has 1 aliphatic rings. The van der Waals surface area contributed by atoms with Crippen molar-refractivity contribution in [3.05, 3.63) is 51.1 Å². The number of nitrogens with one attached hydrogen (secondary N) is 1. The highest BCUT2D eigenvalue weighted by atomic mass is 79.9. The number of fused-ring (bicyclic) bond motifs is 3. The maximum Gasteiger partial charge on any atom is 0.410 e. The number of halogens is 1. The van der Waals surface area contributed by atoms with Gasteiger partial charge in [0.1, 0.15) is 16.8 Å². The van der Waals surface area contributed by atoms with Crippen LogP contribution in [-0.4, -0.2) is 39.3 Å². The standard InChI is InChI=1S/C21H22BrN5O2S/c1-21(2,3)29-20(28)27-8-7-15-16(11-27)30-19-17(15)18(23-12-24-19)26-25-10-13-5-4-6-14(22)9-13/h4-6,9-10,12H,7-8,11H2,1-3H3,(H,23,24,26)/b25-10+. The zero-order valence-electron chi connectivity index (χ0n) is 17.0. The van der Waals surface area contributed by atoms with Gasteiger partial charge in [-0.2, -0.15) is 5.10 Å². The van der Waals surface area contributed by atoms with Gasteiger partial charge in [-0.05, 0) is 50.5 Å². The van der Waals surface area contributed by atoms with Gasteiger partial charge in [0.25, 0.3) is 0 Å². The number of anilines is 1.